The summed E-state index contributed by atoms with van der Waals surface area (Å²) in [4.78, 5) is 22.7. The van der Waals surface area contributed by atoms with Crippen LogP contribution in [-0.4, -0.2) is 61.3 Å². The Hall–Kier alpha value is -1.70. The Balaban J connectivity index is 4.47. The highest BCUT2D eigenvalue weighted by atomic mass is 16.6. The van der Waals surface area contributed by atoms with Crippen molar-refractivity contribution in [3.05, 3.63) is 24.3 Å². The van der Waals surface area contributed by atoms with E-state index >= 15 is 0 Å². The molecule has 0 fully saturated rings. The highest BCUT2D eigenvalue weighted by Crippen LogP contribution is 2.04. The fourth-order valence-corrected chi connectivity index (χ4v) is 1.16. The molecule has 0 saturated carbocycles. The van der Waals surface area contributed by atoms with Crippen LogP contribution in [0.1, 0.15) is 13.8 Å². The Kier molecular flexibility index (Phi) is 10.1. The molecule has 7 nitrogen and oxygen atoms in total. The molecular formula is C15H24O7. The summed E-state index contributed by atoms with van der Waals surface area (Å²) in [7, 11) is 0. The summed E-state index contributed by atoms with van der Waals surface area (Å²) in [5, 5.41) is 18.0. The van der Waals surface area contributed by atoms with Crippen molar-refractivity contribution in [2.24, 2.45) is 5.92 Å². The Morgan fingerprint density at radius 1 is 0.909 bits per heavy atom. The van der Waals surface area contributed by atoms with Crippen LogP contribution in [-0.2, 0) is 23.8 Å². The largest absolute Gasteiger partial charge is 0.459 e. The second-order valence-corrected chi connectivity index (χ2v) is 4.94. The molecule has 0 unspecified atom stereocenters. The number of hydrogen-bond acceptors (Lipinski definition) is 7. The Bertz CT molecular complexity index is 369. The molecule has 22 heavy (non-hydrogen) atoms. The van der Waals surface area contributed by atoms with E-state index in [2.05, 4.69) is 13.2 Å². The van der Waals surface area contributed by atoms with Gasteiger partial charge < -0.3 is 24.4 Å². The maximum atomic E-state index is 11.4. The van der Waals surface area contributed by atoms with Gasteiger partial charge in [0.1, 0.15) is 19.3 Å². The molecule has 0 saturated heterocycles. The van der Waals surface area contributed by atoms with Crippen LogP contribution in [0.5, 0.6) is 0 Å². The third-order valence-electron chi connectivity index (χ3n) is 2.58. The molecule has 0 atom stereocenters. The third-order valence-corrected chi connectivity index (χ3v) is 2.58. The van der Waals surface area contributed by atoms with Crippen molar-refractivity contribution < 1.29 is 34.0 Å². The number of carbonyl (C=O) groups is 2. The zero-order valence-corrected chi connectivity index (χ0v) is 13.0. The topological polar surface area (TPSA) is 102 Å². The minimum Gasteiger partial charge on any atom is -0.459 e. The molecule has 0 aromatic rings. The van der Waals surface area contributed by atoms with E-state index in [4.69, 9.17) is 24.4 Å². The van der Waals surface area contributed by atoms with Gasteiger partial charge in [0.2, 0.25) is 0 Å². The molecule has 7 heteroatoms. The zero-order chi connectivity index (χ0) is 17.1. The lowest BCUT2D eigenvalue weighted by Crippen LogP contribution is -2.32. The third kappa shape index (κ3) is 8.56. The number of carbonyl (C=O) groups excluding carboxylic acids is 2. The van der Waals surface area contributed by atoms with Crippen molar-refractivity contribution in [1.82, 2.24) is 0 Å². The highest BCUT2D eigenvalue weighted by Gasteiger charge is 2.18. The Morgan fingerprint density at radius 3 is 1.64 bits per heavy atom. The first-order chi connectivity index (χ1) is 10.3. The van der Waals surface area contributed by atoms with Crippen molar-refractivity contribution in [3.8, 4) is 0 Å². The van der Waals surface area contributed by atoms with Crippen LogP contribution in [0.15, 0.2) is 24.3 Å². The standard InChI is InChI=1S/C15H24O7/c1-10(2)14(18)21-8-13(9-22-15(19)11(3)4)20-7-12(5-16)6-17/h12-13,16-17H,1,3,5-9H2,2,4H3. The van der Waals surface area contributed by atoms with Gasteiger partial charge >= 0.3 is 11.9 Å². The van der Waals surface area contributed by atoms with Gasteiger partial charge in [0.15, 0.2) is 0 Å². The van der Waals surface area contributed by atoms with Gasteiger partial charge in [0, 0.05) is 17.1 Å². The summed E-state index contributed by atoms with van der Waals surface area (Å²) in [5.74, 6) is -1.63. The van der Waals surface area contributed by atoms with E-state index in [1.807, 2.05) is 0 Å². The maximum Gasteiger partial charge on any atom is 0.333 e. The van der Waals surface area contributed by atoms with Crippen molar-refractivity contribution >= 4 is 11.9 Å². The van der Waals surface area contributed by atoms with Gasteiger partial charge in [0.05, 0.1) is 19.8 Å². The molecule has 0 rings (SSSR count). The second kappa shape index (κ2) is 10.9. The van der Waals surface area contributed by atoms with E-state index in [1.165, 1.54) is 13.8 Å². The molecule has 0 aliphatic heterocycles. The SMILES string of the molecule is C=C(C)C(=O)OCC(COC(=O)C(=C)C)OCC(CO)CO. The van der Waals surface area contributed by atoms with Gasteiger partial charge in [-0.3, -0.25) is 0 Å². The number of esters is 2. The van der Waals surface area contributed by atoms with E-state index in [9.17, 15) is 9.59 Å². The predicted molar refractivity (Wildman–Crippen MR) is 78.9 cm³/mol. The number of rotatable bonds is 11. The lowest BCUT2D eigenvalue weighted by Gasteiger charge is -2.20. The number of hydrogen-bond donors (Lipinski definition) is 2. The Morgan fingerprint density at radius 2 is 1.32 bits per heavy atom. The minimum atomic E-state index is -0.716. The second-order valence-electron chi connectivity index (χ2n) is 4.94. The summed E-state index contributed by atoms with van der Waals surface area (Å²) in [6.45, 7) is 9.17. The molecule has 126 valence electrons. The molecule has 0 spiro atoms. The number of ether oxygens (including phenoxy) is 3. The number of aliphatic hydroxyl groups is 2. The Labute approximate surface area is 130 Å². The van der Waals surface area contributed by atoms with Crippen LogP contribution in [0.4, 0.5) is 0 Å². The predicted octanol–water partition coefficient (Wildman–Crippen LogP) is 0.211. The molecular weight excluding hydrogens is 292 g/mol. The normalized spacial score (nSPS) is 10.6. The van der Waals surface area contributed by atoms with Gasteiger partial charge in [-0.25, -0.2) is 9.59 Å². The molecule has 0 aliphatic rings. The van der Waals surface area contributed by atoms with Crippen LogP contribution < -0.4 is 0 Å². The average molecular weight is 316 g/mol. The van der Waals surface area contributed by atoms with E-state index in [1.54, 1.807) is 0 Å². The molecule has 0 bridgehead atoms. The van der Waals surface area contributed by atoms with Crippen LogP contribution in [0, 0.1) is 5.92 Å². The highest BCUT2D eigenvalue weighted by molar-refractivity contribution is 5.87. The van der Waals surface area contributed by atoms with Crippen molar-refractivity contribution in [3.63, 3.8) is 0 Å². The summed E-state index contributed by atoms with van der Waals surface area (Å²) in [5.41, 5.74) is 0.475. The van der Waals surface area contributed by atoms with Crippen molar-refractivity contribution in [2.75, 3.05) is 33.0 Å². The number of aliphatic hydroxyl groups excluding tert-OH is 2. The first kappa shape index (κ1) is 20.3. The smallest absolute Gasteiger partial charge is 0.333 e. The summed E-state index contributed by atoms with van der Waals surface area (Å²) in [6, 6.07) is 0. The molecule has 0 aliphatic carbocycles. The van der Waals surface area contributed by atoms with E-state index in [0.717, 1.165) is 0 Å². The fraction of sp³-hybridized carbons (Fsp3) is 0.600. The van der Waals surface area contributed by atoms with Crippen LogP contribution >= 0.6 is 0 Å². The zero-order valence-electron chi connectivity index (χ0n) is 13.0. The van der Waals surface area contributed by atoms with Crippen molar-refractivity contribution in [1.29, 1.82) is 0 Å². The molecule has 0 radical (unpaired) electrons. The summed E-state index contributed by atoms with van der Waals surface area (Å²) in [6.07, 6.45) is -0.716. The summed E-state index contributed by atoms with van der Waals surface area (Å²) >= 11 is 0. The van der Waals surface area contributed by atoms with E-state index in [0.29, 0.717) is 0 Å². The van der Waals surface area contributed by atoms with Crippen LogP contribution in [0.3, 0.4) is 0 Å². The van der Waals surface area contributed by atoms with Gasteiger partial charge in [-0.2, -0.15) is 0 Å². The van der Waals surface area contributed by atoms with Crippen LogP contribution in [0.25, 0.3) is 0 Å². The van der Waals surface area contributed by atoms with E-state index < -0.39 is 24.0 Å². The fourth-order valence-electron chi connectivity index (χ4n) is 1.16. The lowest BCUT2D eigenvalue weighted by atomic mass is 10.2. The summed E-state index contributed by atoms with van der Waals surface area (Å²) < 4.78 is 15.3. The maximum absolute atomic E-state index is 11.4. The van der Waals surface area contributed by atoms with E-state index in [-0.39, 0.29) is 44.2 Å². The van der Waals surface area contributed by atoms with Crippen LogP contribution in [0.2, 0.25) is 0 Å². The lowest BCUT2D eigenvalue weighted by molar-refractivity contribution is -0.151. The quantitative estimate of drug-likeness (QED) is 0.415. The first-order valence-corrected chi connectivity index (χ1v) is 6.80. The monoisotopic (exact) mass is 316 g/mol. The van der Waals surface area contributed by atoms with Gasteiger partial charge in [-0.15, -0.1) is 0 Å². The van der Waals surface area contributed by atoms with Gasteiger partial charge in [-0.1, -0.05) is 13.2 Å². The molecule has 2 N–H and O–H groups in total. The molecule has 0 heterocycles. The minimum absolute atomic E-state index is 0.0346. The average Bonchev–Trinajstić information content (AvgIpc) is 2.48. The molecule has 0 aromatic heterocycles. The molecule has 0 amide bonds. The first-order valence-electron chi connectivity index (χ1n) is 6.80. The van der Waals surface area contributed by atoms with Crippen molar-refractivity contribution in [2.45, 2.75) is 20.0 Å². The van der Waals surface area contributed by atoms with Gasteiger partial charge in [-0.05, 0) is 13.8 Å². The molecule has 0 aromatic carbocycles. The van der Waals surface area contributed by atoms with Gasteiger partial charge in [0.25, 0.3) is 0 Å².